The van der Waals surface area contributed by atoms with Crippen molar-refractivity contribution in [2.75, 3.05) is 31.6 Å². The fourth-order valence-electron chi connectivity index (χ4n) is 3.57. The maximum absolute atomic E-state index is 4.71. The van der Waals surface area contributed by atoms with E-state index in [1.165, 1.54) is 35.7 Å². The zero-order valence-electron chi connectivity index (χ0n) is 13.5. The average Bonchev–Trinajstić information content (AvgIpc) is 3.03. The molecule has 21 heavy (non-hydrogen) atoms. The van der Waals surface area contributed by atoms with Gasteiger partial charge in [0.1, 0.15) is 0 Å². The number of anilines is 1. The lowest BCUT2D eigenvalue weighted by molar-refractivity contribution is 0.254. The smallest absolute Gasteiger partial charge is 0.185 e. The van der Waals surface area contributed by atoms with Gasteiger partial charge in [-0.25, -0.2) is 4.98 Å². The van der Waals surface area contributed by atoms with Crippen LogP contribution in [0.15, 0.2) is 6.20 Å². The summed E-state index contributed by atoms with van der Waals surface area (Å²) in [5.41, 5.74) is 0. The number of nitrogens with one attached hydrogen (secondary N) is 1. The quantitative estimate of drug-likeness (QED) is 0.906. The molecule has 1 N–H and O–H groups in total. The van der Waals surface area contributed by atoms with Crippen molar-refractivity contribution in [1.82, 2.24) is 15.2 Å². The predicted molar refractivity (Wildman–Crippen MR) is 90.2 cm³/mol. The maximum Gasteiger partial charge on any atom is 0.185 e. The molecule has 2 aliphatic rings. The highest BCUT2D eigenvalue weighted by molar-refractivity contribution is 7.15. The van der Waals surface area contributed by atoms with E-state index >= 15 is 0 Å². The lowest BCUT2D eigenvalue weighted by atomic mass is 10.1. The van der Waals surface area contributed by atoms with Crippen LogP contribution in [-0.4, -0.2) is 48.6 Å². The van der Waals surface area contributed by atoms with Crippen molar-refractivity contribution >= 4 is 16.5 Å². The molecule has 5 heteroatoms. The second-order valence-corrected chi connectivity index (χ2v) is 7.55. The van der Waals surface area contributed by atoms with E-state index in [9.17, 15) is 0 Å². The van der Waals surface area contributed by atoms with Gasteiger partial charge in [0.2, 0.25) is 0 Å². The number of nitrogens with zero attached hydrogens (tertiary/aromatic N) is 3. The van der Waals surface area contributed by atoms with E-state index in [1.54, 1.807) is 0 Å². The molecule has 3 heterocycles. The molecule has 0 spiro atoms. The minimum Gasteiger partial charge on any atom is -0.346 e. The molecule has 3 rings (SSSR count). The zero-order chi connectivity index (χ0) is 14.8. The Balaban J connectivity index is 1.66. The van der Waals surface area contributed by atoms with Gasteiger partial charge in [0.05, 0.1) is 0 Å². The third kappa shape index (κ3) is 3.25. The fraction of sp³-hybridized carbons (Fsp3) is 0.812. The largest absolute Gasteiger partial charge is 0.346 e. The third-order valence-electron chi connectivity index (χ3n) is 5.06. The van der Waals surface area contributed by atoms with Crippen LogP contribution in [0, 0.1) is 0 Å². The van der Waals surface area contributed by atoms with Gasteiger partial charge in [-0.15, -0.1) is 11.3 Å². The molecule has 2 bridgehead atoms. The first-order valence-corrected chi connectivity index (χ1v) is 9.16. The van der Waals surface area contributed by atoms with Crippen molar-refractivity contribution in [3.8, 4) is 0 Å². The lowest BCUT2D eigenvalue weighted by Crippen LogP contribution is -2.36. The highest BCUT2D eigenvalue weighted by Crippen LogP contribution is 2.33. The molecular weight excluding hydrogens is 280 g/mol. The fourth-order valence-corrected chi connectivity index (χ4v) is 4.54. The number of hydrogen-bond acceptors (Lipinski definition) is 5. The summed E-state index contributed by atoms with van der Waals surface area (Å²) in [6, 6.07) is 1.94. The highest BCUT2D eigenvalue weighted by atomic mass is 32.1. The van der Waals surface area contributed by atoms with Crippen LogP contribution in [0.4, 0.5) is 5.13 Å². The molecule has 118 valence electrons. The second kappa shape index (κ2) is 6.63. The average molecular weight is 308 g/mol. The molecular formula is C16H28N4S. The normalized spacial score (nSPS) is 27.9. The predicted octanol–water partition coefficient (Wildman–Crippen LogP) is 2.88. The number of thiazole rings is 1. The molecule has 0 aromatic carbocycles. The Hall–Kier alpha value is -0.650. The van der Waals surface area contributed by atoms with Crippen LogP contribution in [0.5, 0.6) is 0 Å². The van der Waals surface area contributed by atoms with E-state index in [4.69, 9.17) is 4.98 Å². The Morgan fingerprint density at radius 2 is 2.19 bits per heavy atom. The molecule has 0 aliphatic carbocycles. The molecule has 0 radical (unpaired) electrons. The Bertz CT molecular complexity index is 461. The van der Waals surface area contributed by atoms with Gasteiger partial charge < -0.3 is 10.2 Å². The van der Waals surface area contributed by atoms with Gasteiger partial charge in [-0.3, -0.25) is 4.90 Å². The van der Waals surface area contributed by atoms with Crippen LogP contribution in [-0.2, 0) is 0 Å². The zero-order valence-corrected chi connectivity index (χ0v) is 14.3. The minimum atomic E-state index is 0.419. The summed E-state index contributed by atoms with van der Waals surface area (Å²) >= 11 is 1.87. The van der Waals surface area contributed by atoms with Gasteiger partial charge in [0.15, 0.2) is 5.13 Å². The molecule has 1 aromatic heterocycles. The van der Waals surface area contributed by atoms with Gasteiger partial charge >= 0.3 is 0 Å². The van der Waals surface area contributed by atoms with Crippen LogP contribution >= 0.6 is 11.3 Å². The van der Waals surface area contributed by atoms with Crippen molar-refractivity contribution in [3.05, 3.63) is 11.1 Å². The van der Waals surface area contributed by atoms with Crippen LogP contribution in [0.2, 0.25) is 0 Å². The standard InChI is InChI=1S/C16H28N4S/c1-4-8-17-12(2)15-10-18-16(21-15)20-9-7-13-5-6-14(11-20)19(13)3/h10,12-14,17H,4-9,11H2,1-3H3. The molecule has 2 fully saturated rings. The SMILES string of the molecule is CCCNC(C)c1cnc(N2CCC3CCC(C2)N3C)s1. The van der Waals surface area contributed by atoms with Crippen molar-refractivity contribution in [2.45, 2.75) is 57.7 Å². The van der Waals surface area contributed by atoms with Crippen LogP contribution in [0.1, 0.15) is 50.4 Å². The molecule has 3 unspecified atom stereocenters. The minimum absolute atomic E-state index is 0.419. The summed E-state index contributed by atoms with van der Waals surface area (Å²) in [5.74, 6) is 0. The van der Waals surface area contributed by atoms with E-state index in [2.05, 4.69) is 42.2 Å². The van der Waals surface area contributed by atoms with E-state index in [0.29, 0.717) is 6.04 Å². The van der Waals surface area contributed by atoms with Gasteiger partial charge in [-0.05, 0) is 46.2 Å². The van der Waals surface area contributed by atoms with E-state index in [1.807, 2.05) is 11.3 Å². The summed E-state index contributed by atoms with van der Waals surface area (Å²) in [7, 11) is 2.30. The Labute approximate surface area is 132 Å². The summed E-state index contributed by atoms with van der Waals surface area (Å²) in [5, 5.41) is 4.77. The monoisotopic (exact) mass is 308 g/mol. The van der Waals surface area contributed by atoms with Crippen molar-refractivity contribution in [3.63, 3.8) is 0 Å². The number of fused-ring (bicyclic) bond motifs is 2. The van der Waals surface area contributed by atoms with Crippen LogP contribution in [0.25, 0.3) is 0 Å². The van der Waals surface area contributed by atoms with Gasteiger partial charge in [-0.2, -0.15) is 0 Å². The summed E-state index contributed by atoms with van der Waals surface area (Å²) in [4.78, 5) is 11.2. The Kier molecular flexibility index (Phi) is 4.82. The van der Waals surface area contributed by atoms with Gasteiger partial charge in [0.25, 0.3) is 0 Å². The van der Waals surface area contributed by atoms with E-state index in [0.717, 1.165) is 31.7 Å². The third-order valence-corrected chi connectivity index (χ3v) is 6.30. The molecule has 2 aliphatic heterocycles. The molecule has 0 saturated carbocycles. The summed E-state index contributed by atoms with van der Waals surface area (Å²) < 4.78 is 0. The summed E-state index contributed by atoms with van der Waals surface area (Å²) in [6.07, 6.45) is 7.27. The van der Waals surface area contributed by atoms with Gasteiger partial charge in [-0.1, -0.05) is 6.92 Å². The van der Waals surface area contributed by atoms with Crippen molar-refractivity contribution in [1.29, 1.82) is 0 Å². The van der Waals surface area contributed by atoms with Crippen molar-refractivity contribution < 1.29 is 0 Å². The van der Waals surface area contributed by atoms with E-state index < -0.39 is 0 Å². The number of likely N-dealkylation sites (N-methyl/N-ethyl adjacent to an activating group) is 1. The Morgan fingerprint density at radius 1 is 1.38 bits per heavy atom. The van der Waals surface area contributed by atoms with Crippen LogP contribution < -0.4 is 10.2 Å². The highest BCUT2D eigenvalue weighted by Gasteiger charge is 2.35. The molecule has 2 saturated heterocycles. The number of hydrogen-bond donors (Lipinski definition) is 1. The van der Waals surface area contributed by atoms with Gasteiger partial charge in [0, 0.05) is 42.3 Å². The first kappa shape index (κ1) is 15.3. The second-order valence-electron chi connectivity index (χ2n) is 6.51. The Morgan fingerprint density at radius 3 is 3.00 bits per heavy atom. The van der Waals surface area contributed by atoms with Crippen molar-refractivity contribution in [2.24, 2.45) is 0 Å². The molecule has 1 aromatic rings. The molecule has 4 nitrogen and oxygen atoms in total. The maximum atomic E-state index is 4.71. The first-order chi connectivity index (χ1) is 10.2. The lowest BCUT2D eigenvalue weighted by Gasteiger charge is -2.25. The number of rotatable bonds is 5. The number of aromatic nitrogens is 1. The molecule has 0 amide bonds. The molecule has 3 atom stereocenters. The van der Waals surface area contributed by atoms with E-state index in [-0.39, 0.29) is 0 Å². The topological polar surface area (TPSA) is 31.4 Å². The summed E-state index contributed by atoms with van der Waals surface area (Å²) in [6.45, 7) is 7.84. The van der Waals surface area contributed by atoms with Crippen LogP contribution in [0.3, 0.4) is 0 Å². The first-order valence-electron chi connectivity index (χ1n) is 8.35.